The van der Waals surface area contributed by atoms with Crippen LogP contribution in [0.2, 0.25) is 0 Å². The molecule has 1 saturated heterocycles. The highest BCUT2D eigenvalue weighted by Gasteiger charge is 2.32. The van der Waals surface area contributed by atoms with Crippen molar-refractivity contribution in [2.75, 3.05) is 28.4 Å². The fourth-order valence-corrected chi connectivity index (χ4v) is 5.93. The maximum atomic E-state index is 13.2. The molecule has 3 aromatic rings. The molecule has 0 radical (unpaired) electrons. The molecule has 1 fully saturated rings. The number of hydrogen-bond donors (Lipinski definition) is 0. The van der Waals surface area contributed by atoms with Crippen LogP contribution < -0.4 is 14.2 Å². The molecule has 1 aromatic heterocycles. The summed E-state index contributed by atoms with van der Waals surface area (Å²) in [5.74, 6) is 0.984. The lowest BCUT2D eigenvalue weighted by molar-refractivity contribution is -0.122. The van der Waals surface area contributed by atoms with Gasteiger partial charge >= 0.3 is 5.97 Å². The maximum Gasteiger partial charge on any atom is 0.337 e. The van der Waals surface area contributed by atoms with E-state index >= 15 is 0 Å². The zero-order chi connectivity index (χ0) is 25.8. The van der Waals surface area contributed by atoms with Gasteiger partial charge in [-0.2, -0.15) is 0 Å². The van der Waals surface area contributed by atoms with Gasteiger partial charge in [0.25, 0.3) is 5.91 Å². The van der Waals surface area contributed by atoms with Crippen molar-refractivity contribution >= 4 is 57.6 Å². The third-order valence-electron chi connectivity index (χ3n) is 5.43. The molecule has 36 heavy (non-hydrogen) atoms. The number of carbonyl (C=O) groups is 2. The summed E-state index contributed by atoms with van der Waals surface area (Å²) in [6.07, 6.45) is 1.85. The van der Waals surface area contributed by atoms with Gasteiger partial charge in [-0.3, -0.25) is 9.69 Å². The molecule has 2 aromatic carbocycles. The number of hydrogen-bond acceptors (Lipinski definition) is 9. The van der Waals surface area contributed by atoms with E-state index in [1.807, 2.05) is 30.3 Å². The molecule has 1 aliphatic rings. The number of esters is 1. The van der Waals surface area contributed by atoms with Gasteiger partial charge in [-0.25, -0.2) is 4.79 Å². The van der Waals surface area contributed by atoms with Gasteiger partial charge in [-0.1, -0.05) is 36.1 Å². The van der Waals surface area contributed by atoms with Crippen LogP contribution >= 0.6 is 35.3 Å². The number of thiocarbonyl (C=S) groups is 1. The Hall–Kier alpha value is -3.34. The number of benzene rings is 2. The molecule has 4 rings (SSSR count). The van der Waals surface area contributed by atoms with Gasteiger partial charge in [0.1, 0.15) is 4.32 Å². The van der Waals surface area contributed by atoms with Crippen molar-refractivity contribution in [3.63, 3.8) is 0 Å². The monoisotopic (exact) mass is 541 g/mol. The van der Waals surface area contributed by atoms with Crippen molar-refractivity contribution in [1.29, 1.82) is 0 Å². The Labute approximate surface area is 222 Å². The summed E-state index contributed by atoms with van der Waals surface area (Å²) in [5.41, 5.74) is 2.27. The summed E-state index contributed by atoms with van der Waals surface area (Å²) < 4.78 is 21.4. The van der Waals surface area contributed by atoms with Gasteiger partial charge in [0.15, 0.2) is 11.5 Å². The van der Waals surface area contributed by atoms with E-state index in [1.165, 1.54) is 18.9 Å². The summed E-state index contributed by atoms with van der Waals surface area (Å²) in [5, 5.41) is 0. The molecule has 0 saturated carbocycles. The van der Waals surface area contributed by atoms with Gasteiger partial charge < -0.3 is 18.9 Å². The second-order valence-electron chi connectivity index (χ2n) is 7.57. The Morgan fingerprint density at radius 1 is 0.972 bits per heavy atom. The van der Waals surface area contributed by atoms with E-state index in [0.717, 1.165) is 20.9 Å². The van der Waals surface area contributed by atoms with Crippen molar-refractivity contribution in [2.24, 2.45) is 0 Å². The van der Waals surface area contributed by atoms with E-state index in [2.05, 4.69) is 0 Å². The summed E-state index contributed by atoms with van der Waals surface area (Å²) in [6.45, 7) is 0.279. The standard InChI is InChI=1S/C26H23NO6S3/c1-30-19-11-15(12-20(31-2)23(19)32-3)14-27-24(28)22(36-26(27)34)13-18-9-10-21(35-18)16-5-7-17(8-6-16)25(29)33-4/h5-13H,14H2,1-4H3/b22-13-. The van der Waals surface area contributed by atoms with Crippen molar-refractivity contribution in [3.05, 3.63) is 69.4 Å². The average Bonchev–Trinajstić information content (AvgIpc) is 3.47. The second kappa shape index (κ2) is 11.2. The highest BCUT2D eigenvalue weighted by Crippen LogP contribution is 2.40. The van der Waals surface area contributed by atoms with Crippen molar-refractivity contribution in [1.82, 2.24) is 4.90 Å². The summed E-state index contributed by atoms with van der Waals surface area (Å²) >= 11 is 8.33. The smallest absolute Gasteiger partial charge is 0.337 e. The third-order valence-corrected chi connectivity index (χ3v) is 7.89. The van der Waals surface area contributed by atoms with Crippen LogP contribution in [-0.4, -0.2) is 49.5 Å². The fraction of sp³-hybridized carbons (Fsp3) is 0.192. The molecule has 1 amide bonds. The van der Waals surface area contributed by atoms with E-state index < -0.39 is 0 Å². The largest absolute Gasteiger partial charge is 0.493 e. The van der Waals surface area contributed by atoms with Gasteiger partial charge in [-0.15, -0.1) is 11.3 Å². The lowest BCUT2D eigenvalue weighted by Gasteiger charge is -2.18. The molecule has 0 bridgehead atoms. The number of nitrogens with zero attached hydrogens (tertiary/aromatic N) is 1. The molecular weight excluding hydrogens is 518 g/mol. The Kier molecular flexibility index (Phi) is 7.97. The highest BCUT2D eigenvalue weighted by molar-refractivity contribution is 8.26. The zero-order valence-electron chi connectivity index (χ0n) is 20.0. The molecule has 10 heteroatoms. The first-order valence-corrected chi connectivity index (χ1v) is 12.8. The van der Waals surface area contributed by atoms with Crippen LogP contribution in [0.25, 0.3) is 16.5 Å². The quantitative estimate of drug-likeness (QED) is 0.206. The predicted octanol–water partition coefficient (Wildman–Crippen LogP) is 5.63. The average molecular weight is 542 g/mol. The first-order valence-electron chi connectivity index (χ1n) is 10.7. The van der Waals surface area contributed by atoms with E-state index in [-0.39, 0.29) is 18.4 Å². The third kappa shape index (κ3) is 5.25. The van der Waals surface area contributed by atoms with E-state index in [9.17, 15) is 9.59 Å². The zero-order valence-corrected chi connectivity index (χ0v) is 22.5. The molecule has 7 nitrogen and oxygen atoms in total. The first-order chi connectivity index (χ1) is 17.4. The molecule has 0 aliphatic carbocycles. The molecule has 0 spiro atoms. The molecular formula is C26H23NO6S3. The molecule has 0 atom stereocenters. The number of methoxy groups -OCH3 is 4. The van der Waals surface area contributed by atoms with Crippen molar-refractivity contribution < 1.29 is 28.5 Å². The summed E-state index contributed by atoms with van der Waals surface area (Å²) in [7, 11) is 5.99. The van der Waals surface area contributed by atoms with Gasteiger partial charge in [0.05, 0.1) is 45.5 Å². The lowest BCUT2D eigenvalue weighted by Crippen LogP contribution is -2.27. The van der Waals surface area contributed by atoms with E-state index in [0.29, 0.717) is 32.0 Å². The van der Waals surface area contributed by atoms with Gasteiger partial charge in [-0.05, 0) is 53.6 Å². The predicted molar refractivity (Wildman–Crippen MR) is 146 cm³/mol. The Morgan fingerprint density at radius 3 is 2.22 bits per heavy atom. The van der Waals surface area contributed by atoms with Gasteiger partial charge in [0.2, 0.25) is 5.75 Å². The minimum atomic E-state index is -0.373. The molecule has 2 heterocycles. The molecule has 1 aliphatic heterocycles. The fourth-order valence-electron chi connectivity index (χ4n) is 3.65. The Morgan fingerprint density at radius 2 is 1.64 bits per heavy atom. The first kappa shape index (κ1) is 25.7. The number of carbonyl (C=O) groups excluding carboxylic acids is 2. The van der Waals surface area contributed by atoms with Gasteiger partial charge in [0, 0.05) is 9.75 Å². The summed E-state index contributed by atoms with van der Waals surface area (Å²) in [6, 6.07) is 14.8. The van der Waals surface area contributed by atoms with Crippen LogP contribution in [0.4, 0.5) is 0 Å². The summed E-state index contributed by atoms with van der Waals surface area (Å²) in [4.78, 5) is 28.9. The number of thioether (sulfide) groups is 1. The van der Waals surface area contributed by atoms with Crippen LogP contribution in [0, 0.1) is 0 Å². The SMILES string of the molecule is COC(=O)c1ccc(-c2ccc(/C=C3\SC(=S)N(Cc4cc(OC)c(OC)c(OC)c4)C3=O)s2)cc1. The highest BCUT2D eigenvalue weighted by atomic mass is 32.2. The Balaban J connectivity index is 1.52. The van der Waals surface area contributed by atoms with Crippen LogP contribution in [0.15, 0.2) is 53.4 Å². The van der Waals surface area contributed by atoms with Crippen LogP contribution in [-0.2, 0) is 16.1 Å². The van der Waals surface area contributed by atoms with Crippen molar-refractivity contribution in [3.8, 4) is 27.7 Å². The molecule has 0 unspecified atom stereocenters. The second-order valence-corrected chi connectivity index (χ2v) is 10.4. The van der Waals surface area contributed by atoms with Crippen molar-refractivity contribution in [2.45, 2.75) is 6.54 Å². The topological polar surface area (TPSA) is 74.3 Å². The van der Waals surface area contributed by atoms with Crippen LogP contribution in [0.3, 0.4) is 0 Å². The number of thiophene rings is 1. The van der Waals surface area contributed by atoms with Crippen LogP contribution in [0.1, 0.15) is 20.8 Å². The number of ether oxygens (including phenoxy) is 4. The number of amides is 1. The minimum absolute atomic E-state index is 0.156. The number of rotatable bonds is 8. The normalized spacial score (nSPS) is 14.3. The molecule has 186 valence electrons. The Bertz CT molecular complexity index is 1320. The molecule has 0 N–H and O–H groups in total. The minimum Gasteiger partial charge on any atom is -0.493 e. The lowest BCUT2D eigenvalue weighted by atomic mass is 10.1. The van der Waals surface area contributed by atoms with E-state index in [1.54, 1.807) is 61.8 Å². The maximum absolute atomic E-state index is 13.2. The van der Waals surface area contributed by atoms with E-state index in [4.69, 9.17) is 31.2 Å². The van der Waals surface area contributed by atoms with Crippen LogP contribution in [0.5, 0.6) is 17.2 Å².